The maximum absolute atomic E-state index is 11.0. The standard InChI is InChI=1S/C8H8N4O2S/c1-14-5(13)2-4-11-7-6(8(15)12-4)9-3-10-7/h3H,2H2,1H3,(H2,9,10,11,12,15). The second kappa shape index (κ2) is 3.77. The zero-order valence-electron chi connectivity index (χ0n) is 7.90. The summed E-state index contributed by atoms with van der Waals surface area (Å²) in [5.41, 5.74) is 1.26. The molecular weight excluding hydrogens is 216 g/mol. The van der Waals surface area contributed by atoms with Crippen LogP contribution in [-0.4, -0.2) is 33.0 Å². The van der Waals surface area contributed by atoms with Crippen molar-refractivity contribution < 1.29 is 9.53 Å². The summed E-state index contributed by atoms with van der Waals surface area (Å²) in [7, 11) is 1.32. The molecule has 2 aromatic heterocycles. The summed E-state index contributed by atoms with van der Waals surface area (Å²) < 4.78 is 4.92. The molecule has 0 amide bonds. The van der Waals surface area contributed by atoms with Crippen molar-refractivity contribution in [3.05, 3.63) is 16.8 Å². The van der Waals surface area contributed by atoms with E-state index in [0.717, 1.165) is 0 Å². The van der Waals surface area contributed by atoms with Gasteiger partial charge in [-0.2, -0.15) is 0 Å². The van der Waals surface area contributed by atoms with Gasteiger partial charge in [0.05, 0.1) is 13.4 Å². The highest BCUT2D eigenvalue weighted by Crippen LogP contribution is 2.07. The molecule has 0 aliphatic rings. The molecule has 0 aliphatic heterocycles. The summed E-state index contributed by atoms with van der Waals surface area (Å²) in [6.45, 7) is 0. The Morgan fingerprint density at radius 1 is 1.67 bits per heavy atom. The molecule has 0 aromatic carbocycles. The van der Waals surface area contributed by atoms with Crippen LogP contribution in [0.4, 0.5) is 0 Å². The van der Waals surface area contributed by atoms with Crippen LogP contribution in [0.2, 0.25) is 0 Å². The lowest BCUT2D eigenvalue weighted by molar-refractivity contribution is -0.139. The number of esters is 1. The number of nitrogens with one attached hydrogen (secondary N) is 2. The molecule has 0 aliphatic carbocycles. The van der Waals surface area contributed by atoms with Crippen LogP contribution in [0.3, 0.4) is 0 Å². The van der Waals surface area contributed by atoms with Crippen LogP contribution in [0, 0.1) is 4.64 Å². The monoisotopic (exact) mass is 224 g/mol. The molecule has 0 saturated heterocycles. The van der Waals surface area contributed by atoms with Crippen molar-refractivity contribution in [3.8, 4) is 0 Å². The van der Waals surface area contributed by atoms with E-state index in [-0.39, 0.29) is 12.4 Å². The summed E-state index contributed by atoms with van der Waals surface area (Å²) in [6, 6.07) is 0. The highest BCUT2D eigenvalue weighted by atomic mass is 32.1. The van der Waals surface area contributed by atoms with E-state index in [0.29, 0.717) is 21.6 Å². The number of hydrogen-bond donors (Lipinski definition) is 2. The molecule has 2 N–H and O–H groups in total. The molecule has 0 unspecified atom stereocenters. The number of rotatable bonds is 2. The van der Waals surface area contributed by atoms with Gasteiger partial charge >= 0.3 is 5.97 Å². The van der Waals surface area contributed by atoms with Crippen LogP contribution >= 0.6 is 12.2 Å². The van der Waals surface area contributed by atoms with Crippen LogP contribution < -0.4 is 0 Å². The van der Waals surface area contributed by atoms with Crippen molar-refractivity contribution in [1.82, 2.24) is 19.9 Å². The van der Waals surface area contributed by atoms with Gasteiger partial charge in [0.2, 0.25) is 0 Å². The molecule has 0 bridgehead atoms. The Morgan fingerprint density at radius 2 is 2.47 bits per heavy atom. The number of nitrogens with zero attached hydrogens (tertiary/aromatic N) is 2. The van der Waals surface area contributed by atoms with Gasteiger partial charge in [-0.3, -0.25) is 4.79 Å². The van der Waals surface area contributed by atoms with E-state index in [4.69, 9.17) is 12.2 Å². The summed E-state index contributed by atoms with van der Waals surface area (Å²) >= 11 is 5.03. The molecule has 2 heterocycles. The van der Waals surface area contributed by atoms with Gasteiger partial charge < -0.3 is 14.7 Å². The molecule has 0 atom stereocenters. The summed E-state index contributed by atoms with van der Waals surface area (Å²) in [6.07, 6.45) is 1.57. The van der Waals surface area contributed by atoms with Crippen molar-refractivity contribution >= 4 is 29.4 Å². The van der Waals surface area contributed by atoms with Crippen molar-refractivity contribution in [2.24, 2.45) is 0 Å². The third-order valence-electron chi connectivity index (χ3n) is 1.89. The summed E-state index contributed by atoms with van der Waals surface area (Å²) in [5.74, 6) is 0.0782. The van der Waals surface area contributed by atoms with Gasteiger partial charge in [-0.15, -0.1) is 0 Å². The van der Waals surface area contributed by atoms with Crippen LogP contribution in [0.25, 0.3) is 11.2 Å². The van der Waals surface area contributed by atoms with Crippen molar-refractivity contribution in [3.63, 3.8) is 0 Å². The van der Waals surface area contributed by atoms with Gasteiger partial charge in [0.15, 0.2) is 10.3 Å². The predicted octanol–water partition coefficient (Wildman–Crippen LogP) is 0.731. The lowest BCUT2D eigenvalue weighted by Gasteiger charge is -1.99. The number of ether oxygens (including phenoxy) is 1. The molecule has 2 rings (SSSR count). The molecule has 2 aromatic rings. The molecule has 6 nitrogen and oxygen atoms in total. The van der Waals surface area contributed by atoms with Crippen LogP contribution in [0.5, 0.6) is 0 Å². The van der Waals surface area contributed by atoms with Crippen LogP contribution in [-0.2, 0) is 16.0 Å². The molecule has 0 radical (unpaired) electrons. The first-order chi connectivity index (χ1) is 7.20. The number of imidazole rings is 1. The summed E-state index contributed by atoms with van der Waals surface area (Å²) in [4.78, 5) is 24.8. The smallest absolute Gasteiger partial charge is 0.313 e. The van der Waals surface area contributed by atoms with Gasteiger partial charge in [-0.25, -0.2) is 9.97 Å². The Labute approximate surface area is 89.7 Å². The number of aromatic amines is 2. The zero-order valence-corrected chi connectivity index (χ0v) is 8.72. The van der Waals surface area contributed by atoms with Gasteiger partial charge in [0.25, 0.3) is 0 Å². The molecule has 7 heteroatoms. The van der Waals surface area contributed by atoms with E-state index >= 15 is 0 Å². The topological polar surface area (TPSA) is 83.7 Å². The number of methoxy groups -OCH3 is 1. The second-order valence-electron chi connectivity index (χ2n) is 2.87. The quantitative estimate of drug-likeness (QED) is 0.580. The maximum atomic E-state index is 11.0. The number of H-pyrrole nitrogens is 2. The fraction of sp³-hybridized carbons (Fsp3) is 0.250. The van der Waals surface area contributed by atoms with Gasteiger partial charge in [-0.05, 0) is 0 Å². The normalized spacial score (nSPS) is 10.5. The number of hydrogen-bond acceptors (Lipinski definition) is 5. The van der Waals surface area contributed by atoms with Gasteiger partial charge in [-0.1, -0.05) is 12.2 Å². The van der Waals surface area contributed by atoms with Crippen molar-refractivity contribution in [2.75, 3.05) is 7.11 Å². The SMILES string of the molecule is COC(=O)Cc1nc(=S)c2[nH]cnc2[nH]1. The largest absolute Gasteiger partial charge is 0.469 e. The Morgan fingerprint density at radius 3 is 3.20 bits per heavy atom. The zero-order chi connectivity index (χ0) is 10.8. The Balaban J connectivity index is 2.45. The second-order valence-corrected chi connectivity index (χ2v) is 3.25. The minimum Gasteiger partial charge on any atom is -0.469 e. The Hall–Kier alpha value is -1.76. The average Bonchev–Trinajstić information content (AvgIpc) is 2.66. The number of fused-ring (bicyclic) bond motifs is 1. The highest BCUT2D eigenvalue weighted by molar-refractivity contribution is 7.71. The lowest BCUT2D eigenvalue weighted by Crippen LogP contribution is -2.08. The Kier molecular flexibility index (Phi) is 2.46. The van der Waals surface area contributed by atoms with E-state index in [1.807, 2.05) is 0 Å². The maximum Gasteiger partial charge on any atom is 0.313 e. The predicted molar refractivity (Wildman–Crippen MR) is 54.8 cm³/mol. The van der Waals surface area contributed by atoms with Crippen LogP contribution in [0.15, 0.2) is 6.33 Å². The van der Waals surface area contributed by atoms with E-state index in [1.165, 1.54) is 13.4 Å². The molecular formula is C8H8N4O2S. The first-order valence-electron chi connectivity index (χ1n) is 4.20. The minimum absolute atomic E-state index is 0.0585. The average molecular weight is 224 g/mol. The first kappa shape index (κ1) is 9.78. The third kappa shape index (κ3) is 1.86. The van der Waals surface area contributed by atoms with E-state index in [9.17, 15) is 4.79 Å². The summed E-state index contributed by atoms with van der Waals surface area (Å²) in [5, 5.41) is 0. The van der Waals surface area contributed by atoms with Crippen molar-refractivity contribution in [2.45, 2.75) is 6.42 Å². The van der Waals surface area contributed by atoms with Gasteiger partial charge in [0.1, 0.15) is 17.8 Å². The van der Waals surface area contributed by atoms with E-state index in [2.05, 4.69) is 24.7 Å². The highest BCUT2D eigenvalue weighted by Gasteiger charge is 2.07. The van der Waals surface area contributed by atoms with E-state index < -0.39 is 0 Å². The third-order valence-corrected chi connectivity index (χ3v) is 2.19. The van der Waals surface area contributed by atoms with E-state index in [1.54, 1.807) is 0 Å². The van der Waals surface area contributed by atoms with Crippen molar-refractivity contribution in [1.29, 1.82) is 0 Å². The number of carbonyl (C=O) groups is 1. The minimum atomic E-state index is -0.372. The molecule has 78 valence electrons. The lowest BCUT2D eigenvalue weighted by atomic mass is 10.4. The first-order valence-corrected chi connectivity index (χ1v) is 4.60. The fourth-order valence-electron chi connectivity index (χ4n) is 1.19. The molecule has 0 fully saturated rings. The fourth-order valence-corrected chi connectivity index (χ4v) is 1.45. The van der Waals surface area contributed by atoms with Gasteiger partial charge in [0, 0.05) is 0 Å². The number of aromatic nitrogens is 4. The molecule has 0 saturated carbocycles. The number of carbonyl (C=O) groups excluding carboxylic acids is 1. The Bertz CT molecular complexity index is 559. The molecule has 0 spiro atoms. The van der Waals surface area contributed by atoms with Crippen LogP contribution in [0.1, 0.15) is 5.82 Å². The molecule has 15 heavy (non-hydrogen) atoms.